The molecule has 0 aliphatic carbocycles. The summed E-state index contributed by atoms with van der Waals surface area (Å²) in [7, 11) is 0. The molecule has 0 saturated carbocycles. The van der Waals surface area contributed by atoms with Gasteiger partial charge in [0.2, 0.25) is 11.8 Å². The van der Waals surface area contributed by atoms with Crippen molar-refractivity contribution in [2.45, 2.75) is 25.5 Å². The Morgan fingerprint density at radius 2 is 2.03 bits per heavy atom. The van der Waals surface area contributed by atoms with Gasteiger partial charge < -0.3 is 20.6 Å². The van der Waals surface area contributed by atoms with Crippen LogP contribution in [0, 0.1) is 18.8 Å². The number of β-amino-alcohol motifs (C(OH)–C–C–N with tert-alkyl or cyclic N) is 1. The number of nitrogens with zero attached hydrogens (tertiary/aromatic N) is 1. The third kappa shape index (κ3) is 4.48. The van der Waals surface area contributed by atoms with Gasteiger partial charge in [0.05, 0.1) is 18.1 Å². The maximum Gasteiger partial charge on any atom is 0.228 e. The molecular weight excluding hydrogens is 410 g/mol. The van der Waals surface area contributed by atoms with Crippen molar-refractivity contribution in [3.05, 3.63) is 52.2 Å². The zero-order valence-electron chi connectivity index (χ0n) is 16.2. The zero-order chi connectivity index (χ0) is 19.7. The molecular formula is C21H26ClN3O3S. The predicted octanol–water partition coefficient (Wildman–Crippen LogP) is 2.27. The van der Waals surface area contributed by atoms with Crippen molar-refractivity contribution in [1.29, 1.82) is 0 Å². The Labute approximate surface area is 180 Å². The summed E-state index contributed by atoms with van der Waals surface area (Å²) in [5, 5.41) is 18.0. The lowest BCUT2D eigenvalue weighted by Crippen LogP contribution is -2.39. The van der Waals surface area contributed by atoms with E-state index >= 15 is 0 Å². The van der Waals surface area contributed by atoms with Gasteiger partial charge in [-0.25, -0.2) is 0 Å². The van der Waals surface area contributed by atoms with Gasteiger partial charge in [-0.15, -0.1) is 23.7 Å². The number of amides is 2. The van der Waals surface area contributed by atoms with Crippen molar-refractivity contribution in [3.63, 3.8) is 0 Å². The summed E-state index contributed by atoms with van der Waals surface area (Å²) in [6, 6.07) is 11.5. The first-order chi connectivity index (χ1) is 13.5. The summed E-state index contributed by atoms with van der Waals surface area (Å²) in [6.45, 7) is 3.67. The number of thiophene rings is 1. The number of rotatable bonds is 5. The Morgan fingerprint density at radius 1 is 1.28 bits per heavy atom. The van der Waals surface area contributed by atoms with E-state index in [1.54, 1.807) is 16.2 Å². The van der Waals surface area contributed by atoms with Crippen molar-refractivity contribution in [2.75, 3.05) is 24.5 Å². The van der Waals surface area contributed by atoms with Crippen LogP contribution in [-0.4, -0.2) is 42.7 Å². The molecule has 4 rings (SSSR count). The highest BCUT2D eigenvalue weighted by Gasteiger charge is 2.45. The maximum atomic E-state index is 13.0. The Kier molecular flexibility index (Phi) is 6.95. The number of aliphatic hydroxyl groups excluding tert-OH is 1. The van der Waals surface area contributed by atoms with E-state index in [2.05, 4.69) is 10.6 Å². The highest BCUT2D eigenvalue weighted by atomic mass is 35.5. The monoisotopic (exact) mass is 435 g/mol. The molecule has 3 heterocycles. The molecule has 1 aromatic carbocycles. The smallest absolute Gasteiger partial charge is 0.228 e. The largest absolute Gasteiger partial charge is 0.391 e. The van der Waals surface area contributed by atoms with Crippen molar-refractivity contribution in [3.8, 4) is 0 Å². The summed E-state index contributed by atoms with van der Waals surface area (Å²) < 4.78 is 0. The topological polar surface area (TPSA) is 81.7 Å². The predicted molar refractivity (Wildman–Crippen MR) is 116 cm³/mol. The summed E-state index contributed by atoms with van der Waals surface area (Å²) in [5.74, 6) is -0.598. The molecule has 8 heteroatoms. The lowest BCUT2D eigenvalue weighted by Gasteiger charge is -2.27. The number of carbonyl (C=O) groups is 2. The first-order valence-corrected chi connectivity index (χ1v) is 10.5. The lowest BCUT2D eigenvalue weighted by atomic mass is 9.97. The van der Waals surface area contributed by atoms with Gasteiger partial charge >= 0.3 is 0 Å². The third-order valence-corrected chi connectivity index (χ3v) is 6.59. The van der Waals surface area contributed by atoms with E-state index in [0.29, 0.717) is 19.6 Å². The average molecular weight is 436 g/mol. The van der Waals surface area contributed by atoms with Crippen LogP contribution in [0.15, 0.2) is 41.8 Å². The molecule has 0 bridgehead atoms. The number of benzene rings is 1. The van der Waals surface area contributed by atoms with E-state index in [1.807, 2.05) is 48.7 Å². The molecule has 2 amide bonds. The maximum absolute atomic E-state index is 13.0. The molecule has 29 heavy (non-hydrogen) atoms. The Bertz CT molecular complexity index is 843. The summed E-state index contributed by atoms with van der Waals surface area (Å²) in [4.78, 5) is 28.7. The lowest BCUT2D eigenvalue weighted by molar-refractivity contribution is -0.127. The number of hydrogen-bond donors (Lipinski definition) is 3. The number of hydrogen-bond acceptors (Lipinski definition) is 5. The van der Waals surface area contributed by atoms with Crippen LogP contribution >= 0.6 is 23.7 Å². The molecule has 2 aliphatic heterocycles. The Hall–Kier alpha value is -1.93. The van der Waals surface area contributed by atoms with E-state index in [1.165, 1.54) is 0 Å². The number of aliphatic hydroxyl groups is 1. The van der Waals surface area contributed by atoms with Crippen molar-refractivity contribution in [2.24, 2.45) is 11.8 Å². The van der Waals surface area contributed by atoms with Gasteiger partial charge in [0.15, 0.2) is 0 Å². The fraction of sp³-hybridized carbons (Fsp3) is 0.429. The third-order valence-electron chi connectivity index (χ3n) is 5.65. The van der Waals surface area contributed by atoms with E-state index in [0.717, 1.165) is 16.1 Å². The highest BCUT2D eigenvalue weighted by Crippen LogP contribution is 2.43. The van der Waals surface area contributed by atoms with Crippen LogP contribution in [-0.2, 0) is 9.59 Å². The first-order valence-electron chi connectivity index (χ1n) is 9.63. The highest BCUT2D eigenvalue weighted by molar-refractivity contribution is 7.10. The fourth-order valence-electron chi connectivity index (χ4n) is 4.05. The molecule has 2 aliphatic rings. The second-order valence-electron chi connectivity index (χ2n) is 7.60. The summed E-state index contributed by atoms with van der Waals surface area (Å²) in [5.41, 5.74) is 1.95. The van der Waals surface area contributed by atoms with Crippen LogP contribution in [0.25, 0.3) is 0 Å². The minimum Gasteiger partial charge on any atom is -0.391 e. The van der Waals surface area contributed by atoms with Crippen molar-refractivity contribution < 1.29 is 14.7 Å². The molecule has 4 unspecified atom stereocenters. The second-order valence-corrected chi connectivity index (χ2v) is 8.58. The first kappa shape index (κ1) is 21.8. The van der Waals surface area contributed by atoms with E-state index in [9.17, 15) is 14.7 Å². The summed E-state index contributed by atoms with van der Waals surface area (Å²) >= 11 is 1.56. The molecule has 0 spiro atoms. The van der Waals surface area contributed by atoms with Crippen LogP contribution in [0.2, 0.25) is 0 Å². The number of anilines is 1. The quantitative estimate of drug-likeness (QED) is 0.673. The van der Waals surface area contributed by atoms with Crippen molar-refractivity contribution >= 4 is 41.2 Å². The van der Waals surface area contributed by atoms with Gasteiger partial charge in [-0.3, -0.25) is 9.59 Å². The van der Waals surface area contributed by atoms with Gasteiger partial charge in [-0.2, -0.15) is 0 Å². The standard InChI is InChI=1S/C21H25N3O3S.ClH/c1-13-4-6-15(7-5-13)24-19(26)9-16(20(24)18-3-2-8-28-18)21(27)23-11-14-10-22-12-17(14)25;/h2-8,14,16-17,20,22,25H,9-12H2,1H3,(H,23,27);1H. The van der Waals surface area contributed by atoms with Crippen molar-refractivity contribution in [1.82, 2.24) is 10.6 Å². The number of nitrogens with one attached hydrogen (secondary N) is 2. The minimum absolute atomic E-state index is 0. The fourth-order valence-corrected chi connectivity index (χ4v) is 4.94. The van der Waals surface area contributed by atoms with Crippen LogP contribution in [0.1, 0.15) is 22.9 Å². The molecule has 2 saturated heterocycles. The molecule has 0 radical (unpaired) electrons. The molecule has 3 N–H and O–H groups in total. The number of carbonyl (C=O) groups excluding carboxylic acids is 2. The van der Waals surface area contributed by atoms with Crippen LogP contribution < -0.4 is 15.5 Å². The molecule has 4 atom stereocenters. The van der Waals surface area contributed by atoms with Gasteiger partial charge in [-0.1, -0.05) is 23.8 Å². The zero-order valence-corrected chi connectivity index (χ0v) is 17.8. The minimum atomic E-state index is -0.445. The van der Waals surface area contributed by atoms with Gasteiger partial charge in [0, 0.05) is 42.5 Å². The SMILES string of the molecule is Cc1ccc(N2C(=O)CC(C(=O)NCC3CNCC3O)C2c2cccs2)cc1.Cl. The number of aryl methyl sites for hydroxylation is 1. The molecule has 2 fully saturated rings. The molecule has 2 aromatic rings. The average Bonchev–Trinajstić information content (AvgIpc) is 3.41. The van der Waals surface area contributed by atoms with Crippen LogP contribution in [0.3, 0.4) is 0 Å². The summed E-state index contributed by atoms with van der Waals surface area (Å²) in [6.07, 6.45) is -0.254. The molecule has 6 nitrogen and oxygen atoms in total. The normalized spacial score (nSPS) is 26.4. The molecule has 156 valence electrons. The second kappa shape index (κ2) is 9.26. The Morgan fingerprint density at radius 3 is 2.66 bits per heavy atom. The van der Waals surface area contributed by atoms with Crippen LogP contribution in [0.4, 0.5) is 5.69 Å². The van der Waals surface area contributed by atoms with Gasteiger partial charge in [0.1, 0.15) is 0 Å². The number of halogens is 1. The van der Waals surface area contributed by atoms with Gasteiger partial charge in [-0.05, 0) is 30.5 Å². The van der Waals surface area contributed by atoms with E-state index < -0.39 is 12.0 Å². The van der Waals surface area contributed by atoms with Gasteiger partial charge in [0.25, 0.3) is 0 Å². The Balaban J connectivity index is 0.00000240. The molecule has 1 aromatic heterocycles. The van der Waals surface area contributed by atoms with E-state index in [4.69, 9.17) is 0 Å². The van der Waals surface area contributed by atoms with E-state index in [-0.39, 0.29) is 42.6 Å². The van der Waals surface area contributed by atoms with Crippen LogP contribution in [0.5, 0.6) is 0 Å².